The van der Waals surface area contributed by atoms with Crippen molar-refractivity contribution in [3.05, 3.63) is 16.9 Å². The first-order valence-corrected chi connectivity index (χ1v) is 9.82. The van der Waals surface area contributed by atoms with E-state index in [2.05, 4.69) is 14.8 Å². The zero-order valence-corrected chi connectivity index (χ0v) is 15.2. The van der Waals surface area contributed by atoms with Gasteiger partial charge in [0, 0.05) is 24.7 Å². The molecule has 6 heteroatoms. The molecule has 0 unspecified atom stereocenters. The summed E-state index contributed by atoms with van der Waals surface area (Å²) in [6.07, 6.45) is 8.49. The van der Waals surface area contributed by atoms with Crippen LogP contribution in [0.15, 0.2) is 6.20 Å². The Kier molecular flexibility index (Phi) is 4.43. The third-order valence-corrected chi connectivity index (χ3v) is 6.87. The van der Waals surface area contributed by atoms with Gasteiger partial charge in [-0.1, -0.05) is 29.4 Å². The van der Waals surface area contributed by atoms with Crippen LogP contribution in [-0.4, -0.2) is 47.1 Å². The molecule has 4 rings (SSSR count). The van der Waals surface area contributed by atoms with Gasteiger partial charge in [-0.05, 0) is 45.7 Å². The molecule has 0 spiro atoms. The van der Waals surface area contributed by atoms with E-state index in [0.717, 1.165) is 35.3 Å². The molecule has 0 aliphatic carbocycles. The minimum Gasteiger partial charge on any atom is -0.348 e. The number of aromatic nitrogens is 2. The molecule has 0 saturated carbocycles. The normalized spacial score (nSPS) is 21.2. The Bertz CT molecular complexity index is 687. The minimum absolute atomic E-state index is 0.594. The number of piperidine rings is 2. The van der Waals surface area contributed by atoms with Crippen molar-refractivity contribution in [2.45, 2.75) is 45.1 Å². The van der Waals surface area contributed by atoms with Gasteiger partial charge in [0.05, 0.1) is 10.9 Å². The summed E-state index contributed by atoms with van der Waals surface area (Å²) in [6.45, 7) is 6.86. The molecule has 0 N–H and O–H groups in total. The molecule has 2 aliphatic heterocycles. The number of hydrogen-bond acceptors (Lipinski definition) is 5. The maximum Gasteiger partial charge on any atom is 0.186 e. The third kappa shape index (κ3) is 3.06. The predicted molar refractivity (Wildman–Crippen MR) is 97.8 cm³/mol. The van der Waals surface area contributed by atoms with Crippen LogP contribution in [0.3, 0.4) is 0 Å². The number of nitrogens with zero attached hydrogens (tertiary/aromatic N) is 4. The van der Waals surface area contributed by atoms with Crippen LogP contribution in [0, 0.1) is 6.92 Å². The van der Waals surface area contributed by atoms with Gasteiger partial charge in [0.25, 0.3) is 0 Å². The summed E-state index contributed by atoms with van der Waals surface area (Å²) >= 11 is 7.89. The van der Waals surface area contributed by atoms with Gasteiger partial charge in [0.2, 0.25) is 0 Å². The summed E-state index contributed by atoms with van der Waals surface area (Å²) in [5.74, 6) is 0. The van der Waals surface area contributed by atoms with Gasteiger partial charge in [-0.3, -0.25) is 0 Å². The first kappa shape index (κ1) is 15.6. The highest BCUT2D eigenvalue weighted by Crippen LogP contribution is 2.34. The predicted octanol–water partition coefficient (Wildman–Crippen LogP) is 4.11. The molecule has 23 heavy (non-hydrogen) atoms. The van der Waals surface area contributed by atoms with Crippen molar-refractivity contribution in [1.82, 2.24) is 14.9 Å². The summed E-state index contributed by atoms with van der Waals surface area (Å²) < 4.78 is 1.18. The van der Waals surface area contributed by atoms with E-state index in [0.29, 0.717) is 5.15 Å². The number of pyridine rings is 1. The Labute approximate surface area is 146 Å². The number of rotatable bonds is 2. The number of hydrogen-bond donors (Lipinski definition) is 0. The number of anilines is 1. The second kappa shape index (κ2) is 6.54. The van der Waals surface area contributed by atoms with E-state index in [-0.39, 0.29) is 0 Å². The molecule has 4 nitrogen and oxygen atoms in total. The smallest absolute Gasteiger partial charge is 0.186 e. The highest BCUT2D eigenvalue weighted by Gasteiger charge is 2.27. The maximum atomic E-state index is 6.14. The minimum atomic E-state index is 0.594. The number of fused-ring (bicyclic) bond motifs is 1. The lowest BCUT2D eigenvalue weighted by Gasteiger charge is -2.40. The van der Waals surface area contributed by atoms with Gasteiger partial charge in [-0.25, -0.2) is 9.97 Å². The van der Waals surface area contributed by atoms with Crippen LogP contribution in [0.4, 0.5) is 5.13 Å². The standard InChI is InChI=1S/C17H23ClN4S/c1-12-15-14(11-19-16(12)18)20-17(23-15)22-9-5-13(6-10-22)21-7-3-2-4-8-21/h11,13H,2-10H2,1H3. The molecule has 0 bridgehead atoms. The fraction of sp³-hybridized carbons (Fsp3) is 0.647. The lowest BCUT2D eigenvalue weighted by Crippen LogP contribution is -2.46. The van der Waals surface area contributed by atoms with Crippen molar-refractivity contribution in [3.8, 4) is 0 Å². The highest BCUT2D eigenvalue weighted by atomic mass is 35.5. The molecule has 4 heterocycles. The van der Waals surface area contributed by atoms with Gasteiger partial charge in [-0.15, -0.1) is 0 Å². The Hall–Kier alpha value is -0.910. The van der Waals surface area contributed by atoms with Crippen LogP contribution in [0.25, 0.3) is 10.2 Å². The van der Waals surface area contributed by atoms with Gasteiger partial charge < -0.3 is 9.80 Å². The van der Waals surface area contributed by atoms with Crippen LogP contribution >= 0.6 is 22.9 Å². The van der Waals surface area contributed by atoms with Crippen molar-refractivity contribution in [2.75, 3.05) is 31.1 Å². The molecule has 2 aromatic rings. The number of thiazole rings is 1. The summed E-state index contributed by atoms with van der Waals surface area (Å²) in [5, 5.41) is 1.72. The van der Waals surface area contributed by atoms with Gasteiger partial charge in [0.15, 0.2) is 5.13 Å². The third-order valence-electron chi connectivity index (χ3n) is 5.23. The van der Waals surface area contributed by atoms with Crippen LogP contribution in [0.5, 0.6) is 0 Å². The first-order valence-electron chi connectivity index (χ1n) is 8.63. The number of aryl methyl sites for hydroxylation is 1. The lowest BCUT2D eigenvalue weighted by molar-refractivity contribution is 0.141. The van der Waals surface area contributed by atoms with Crippen LogP contribution in [0.1, 0.15) is 37.7 Å². The average molecular weight is 351 g/mol. The van der Waals surface area contributed by atoms with Crippen LogP contribution in [-0.2, 0) is 0 Å². The van der Waals surface area contributed by atoms with Crippen molar-refractivity contribution >= 4 is 38.3 Å². The van der Waals surface area contributed by atoms with Crippen molar-refractivity contribution in [1.29, 1.82) is 0 Å². The van der Waals surface area contributed by atoms with E-state index in [1.165, 1.54) is 49.9 Å². The van der Waals surface area contributed by atoms with E-state index in [9.17, 15) is 0 Å². The lowest BCUT2D eigenvalue weighted by atomic mass is 10.0. The van der Waals surface area contributed by atoms with E-state index < -0.39 is 0 Å². The Morgan fingerprint density at radius 2 is 1.87 bits per heavy atom. The van der Waals surface area contributed by atoms with Crippen LogP contribution < -0.4 is 4.90 Å². The molecule has 0 radical (unpaired) electrons. The summed E-state index contributed by atoms with van der Waals surface area (Å²) in [4.78, 5) is 14.2. The number of halogens is 1. The second-order valence-electron chi connectivity index (χ2n) is 6.70. The van der Waals surface area contributed by atoms with Gasteiger partial charge in [0.1, 0.15) is 10.7 Å². The molecule has 124 valence electrons. The first-order chi connectivity index (χ1) is 11.2. The monoisotopic (exact) mass is 350 g/mol. The summed E-state index contributed by atoms with van der Waals surface area (Å²) in [5.41, 5.74) is 2.03. The van der Waals surface area contributed by atoms with Crippen molar-refractivity contribution in [2.24, 2.45) is 0 Å². The quantitative estimate of drug-likeness (QED) is 0.763. The SMILES string of the molecule is Cc1c(Cl)ncc2nc(N3CCC(N4CCCCC4)CC3)sc12. The van der Waals surface area contributed by atoms with Crippen LogP contribution in [0.2, 0.25) is 5.15 Å². The van der Waals surface area contributed by atoms with E-state index in [1.54, 1.807) is 17.5 Å². The molecule has 0 atom stereocenters. The Morgan fingerprint density at radius 1 is 1.13 bits per heavy atom. The molecular formula is C17H23ClN4S. The van der Waals surface area contributed by atoms with Crippen molar-refractivity contribution in [3.63, 3.8) is 0 Å². The zero-order chi connectivity index (χ0) is 15.8. The molecule has 2 saturated heterocycles. The van der Waals surface area contributed by atoms with Gasteiger partial charge in [-0.2, -0.15) is 0 Å². The largest absolute Gasteiger partial charge is 0.348 e. The van der Waals surface area contributed by atoms with E-state index >= 15 is 0 Å². The topological polar surface area (TPSA) is 32.3 Å². The zero-order valence-electron chi connectivity index (χ0n) is 13.6. The van der Waals surface area contributed by atoms with E-state index in [4.69, 9.17) is 16.6 Å². The maximum absolute atomic E-state index is 6.14. The number of likely N-dealkylation sites (tertiary alicyclic amines) is 1. The Balaban J connectivity index is 1.47. The molecule has 0 amide bonds. The molecule has 0 aromatic carbocycles. The summed E-state index contributed by atoms with van der Waals surface area (Å²) in [6, 6.07) is 0.777. The highest BCUT2D eigenvalue weighted by molar-refractivity contribution is 7.22. The summed E-state index contributed by atoms with van der Waals surface area (Å²) in [7, 11) is 0. The molecule has 2 aromatic heterocycles. The Morgan fingerprint density at radius 3 is 2.61 bits per heavy atom. The van der Waals surface area contributed by atoms with Gasteiger partial charge >= 0.3 is 0 Å². The fourth-order valence-corrected chi connectivity index (χ4v) is 5.12. The molecule has 2 aliphatic rings. The molecular weight excluding hydrogens is 328 g/mol. The fourth-order valence-electron chi connectivity index (χ4n) is 3.83. The second-order valence-corrected chi connectivity index (χ2v) is 8.04. The molecule has 2 fully saturated rings. The van der Waals surface area contributed by atoms with E-state index in [1.807, 2.05) is 6.92 Å². The average Bonchev–Trinajstić information content (AvgIpc) is 3.04. The van der Waals surface area contributed by atoms with Crippen molar-refractivity contribution < 1.29 is 0 Å².